The number of hydrogen-bond acceptors (Lipinski definition) is 4. The van der Waals surface area contributed by atoms with E-state index in [0.29, 0.717) is 11.3 Å². The van der Waals surface area contributed by atoms with Gasteiger partial charge in [-0.3, -0.25) is 10.1 Å². The molecule has 0 saturated carbocycles. The van der Waals surface area contributed by atoms with Crippen LogP contribution in [0.5, 0.6) is 0 Å². The summed E-state index contributed by atoms with van der Waals surface area (Å²) in [7, 11) is 0. The lowest BCUT2D eigenvalue weighted by Crippen LogP contribution is -1.98. The minimum absolute atomic E-state index is 0.143. The number of benzene rings is 1. The number of aryl methyl sites for hydroxylation is 2. The summed E-state index contributed by atoms with van der Waals surface area (Å²) < 4.78 is 0. The maximum atomic E-state index is 11.0. The minimum atomic E-state index is -0.346. The fourth-order valence-corrected chi connectivity index (χ4v) is 2.99. The molecule has 0 radical (unpaired) electrons. The minimum Gasteiger partial charge on any atom is -0.258 e. The summed E-state index contributed by atoms with van der Waals surface area (Å²) in [5.41, 5.74) is 3.86. The monoisotopic (exact) mass is 288 g/mol. The molecule has 104 valence electrons. The number of nitrogens with zero attached hydrogens (tertiary/aromatic N) is 2. The molecule has 4 nitrogen and oxygen atoms in total. The summed E-state index contributed by atoms with van der Waals surface area (Å²) in [4.78, 5) is 15.1. The lowest BCUT2D eigenvalue weighted by Gasteiger charge is -2.07. The summed E-state index contributed by atoms with van der Waals surface area (Å²) in [5.74, 6) is 0.760. The van der Waals surface area contributed by atoms with Crippen molar-refractivity contribution >= 4 is 17.4 Å². The molecule has 0 unspecified atom stereocenters. The van der Waals surface area contributed by atoms with Crippen molar-refractivity contribution in [3.63, 3.8) is 0 Å². The zero-order chi connectivity index (χ0) is 14.7. The van der Waals surface area contributed by atoms with Gasteiger partial charge in [0.2, 0.25) is 0 Å². The molecule has 1 heterocycles. The highest BCUT2D eigenvalue weighted by atomic mass is 32.2. The van der Waals surface area contributed by atoms with E-state index < -0.39 is 0 Å². The van der Waals surface area contributed by atoms with Gasteiger partial charge in [-0.25, -0.2) is 4.98 Å². The second kappa shape index (κ2) is 6.05. The maximum Gasteiger partial charge on any atom is 0.276 e. The first-order valence-corrected chi connectivity index (χ1v) is 7.27. The Morgan fingerprint density at radius 2 is 2.00 bits per heavy atom. The lowest BCUT2D eigenvalue weighted by atomic mass is 10.2. The molecule has 2 aromatic rings. The quantitative estimate of drug-likeness (QED) is 0.480. The van der Waals surface area contributed by atoms with E-state index >= 15 is 0 Å². The zero-order valence-electron chi connectivity index (χ0n) is 11.7. The van der Waals surface area contributed by atoms with Crippen molar-refractivity contribution in [2.45, 2.75) is 31.6 Å². The smallest absolute Gasteiger partial charge is 0.258 e. The molecule has 5 heteroatoms. The second-order valence-electron chi connectivity index (χ2n) is 4.75. The van der Waals surface area contributed by atoms with Crippen molar-refractivity contribution in [3.8, 4) is 0 Å². The first kappa shape index (κ1) is 14.5. The van der Waals surface area contributed by atoms with Gasteiger partial charge in [-0.1, -0.05) is 29.8 Å². The van der Waals surface area contributed by atoms with E-state index in [1.807, 2.05) is 6.07 Å². The van der Waals surface area contributed by atoms with Gasteiger partial charge in [-0.15, -0.1) is 11.8 Å². The highest BCUT2D eigenvalue weighted by Gasteiger charge is 2.16. The Balaban J connectivity index is 2.23. The van der Waals surface area contributed by atoms with Crippen molar-refractivity contribution < 1.29 is 4.92 Å². The second-order valence-corrected chi connectivity index (χ2v) is 5.71. The van der Waals surface area contributed by atoms with Gasteiger partial charge >= 0.3 is 0 Å². The molecule has 20 heavy (non-hydrogen) atoms. The van der Waals surface area contributed by atoms with Crippen LogP contribution in [0.3, 0.4) is 0 Å². The molecular weight excluding hydrogens is 272 g/mol. The van der Waals surface area contributed by atoms with Gasteiger partial charge in [-0.2, -0.15) is 0 Å². The number of pyridine rings is 1. The average molecular weight is 288 g/mol. The number of hydrogen-bond donors (Lipinski definition) is 0. The summed E-state index contributed by atoms with van der Waals surface area (Å²) >= 11 is 1.54. The Morgan fingerprint density at radius 1 is 1.25 bits per heavy atom. The number of thioether (sulfide) groups is 1. The number of rotatable bonds is 4. The Bertz CT molecular complexity index is 656. The Labute approximate surface area is 122 Å². The van der Waals surface area contributed by atoms with Crippen LogP contribution in [0.1, 0.15) is 22.4 Å². The molecule has 1 aromatic heterocycles. The predicted molar refractivity (Wildman–Crippen MR) is 81.1 cm³/mol. The van der Waals surface area contributed by atoms with Crippen LogP contribution in [0.4, 0.5) is 5.69 Å². The molecule has 0 amide bonds. The lowest BCUT2D eigenvalue weighted by molar-refractivity contribution is -0.385. The molecule has 0 fully saturated rings. The number of nitro groups is 1. The third kappa shape index (κ3) is 3.36. The largest absolute Gasteiger partial charge is 0.276 e. The van der Waals surface area contributed by atoms with Gasteiger partial charge in [0, 0.05) is 17.5 Å². The molecule has 0 aliphatic rings. The van der Waals surface area contributed by atoms with Crippen LogP contribution in [-0.2, 0) is 5.75 Å². The third-order valence-corrected chi connectivity index (χ3v) is 4.13. The summed E-state index contributed by atoms with van der Waals surface area (Å²) in [6.45, 7) is 5.58. The average Bonchev–Trinajstić information content (AvgIpc) is 2.39. The van der Waals surface area contributed by atoms with E-state index in [1.165, 1.54) is 29.0 Å². The summed E-state index contributed by atoms with van der Waals surface area (Å²) in [6.07, 6.45) is 0. The van der Waals surface area contributed by atoms with Crippen LogP contribution in [0.25, 0.3) is 0 Å². The molecule has 1 aromatic carbocycles. The first-order valence-electron chi connectivity index (χ1n) is 6.28. The van der Waals surface area contributed by atoms with Crippen LogP contribution in [0.2, 0.25) is 0 Å². The van der Waals surface area contributed by atoms with Gasteiger partial charge in [0.15, 0.2) is 0 Å². The van der Waals surface area contributed by atoms with Gasteiger partial charge in [0.05, 0.1) is 10.5 Å². The van der Waals surface area contributed by atoms with E-state index in [0.717, 1.165) is 10.8 Å². The summed E-state index contributed by atoms with van der Waals surface area (Å²) in [5, 5.41) is 11.7. The fourth-order valence-electron chi connectivity index (χ4n) is 1.98. The Kier molecular flexibility index (Phi) is 4.39. The normalized spacial score (nSPS) is 10.6. The summed E-state index contributed by atoms with van der Waals surface area (Å²) in [6, 6.07) is 9.76. The standard InChI is InChI=1S/C15H16N2O2S/c1-10-5-4-6-13(7-10)9-20-15-12(3)14(17(18)19)8-11(2)16-15/h4-8H,9H2,1-3H3. The van der Waals surface area contributed by atoms with E-state index in [1.54, 1.807) is 13.8 Å². The maximum absolute atomic E-state index is 11.0. The zero-order valence-corrected chi connectivity index (χ0v) is 12.5. The van der Waals surface area contributed by atoms with Crippen molar-refractivity contribution in [2.24, 2.45) is 0 Å². The van der Waals surface area contributed by atoms with Crippen LogP contribution < -0.4 is 0 Å². The highest BCUT2D eigenvalue weighted by molar-refractivity contribution is 7.98. The first-order chi connectivity index (χ1) is 9.47. The van der Waals surface area contributed by atoms with E-state index in [4.69, 9.17) is 0 Å². The van der Waals surface area contributed by atoms with Crippen LogP contribution in [0.15, 0.2) is 35.4 Å². The fraction of sp³-hybridized carbons (Fsp3) is 0.267. The van der Waals surface area contributed by atoms with Crippen LogP contribution in [-0.4, -0.2) is 9.91 Å². The van der Waals surface area contributed by atoms with Crippen molar-refractivity contribution in [2.75, 3.05) is 0 Å². The Morgan fingerprint density at radius 3 is 2.65 bits per heavy atom. The topological polar surface area (TPSA) is 56.0 Å². The molecular formula is C15H16N2O2S. The van der Waals surface area contributed by atoms with Gasteiger partial charge in [0.25, 0.3) is 5.69 Å². The van der Waals surface area contributed by atoms with Gasteiger partial charge < -0.3 is 0 Å². The number of aromatic nitrogens is 1. The molecule has 2 rings (SSSR count). The van der Waals surface area contributed by atoms with E-state index in [9.17, 15) is 10.1 Å². The predicted octanol–water partition coefficient (Wildman–Crippen LogP) is 4.21. The van der Waals surface area contributed by atoms with Gasteiger partial charge in [-0.05, 0) is 26.3 Å². The highest BCUT2D eigenvalue weighted by Crippen LogP contribution is 2.30. The third-order valence-electron chi connectivity index (χ3n) is 2.98. The van der Waals surface area contributed by atoms with E-state index in [2.05, 4.69) is 30.1 Å². The van der Waals surface area contributed by atoms with Crippen molar-refractivity contribution in [1.82, 2.24) is 4.98 Å². The van der Waals surface area contributed by atoms with Gasteiger partial charge in [0.1, 0.15) is 5.03 Å². The van der Waals surface area contributed by atoms with Crippen LogP contribution >= 0.6 is 11.8 Å². The van der Waals surface area contributed by atoms with Crippen molar-refractivity contribution in [1.29, 1.82) is 0 Å². The molecule has 0 spiro atoms. The molecule has 0 N–H and O–H groups in total. The Hall–Kier alpha value is -1.88. The molecule has 0 atom stereocenters. The van der Waals surface area contributed by atoms with Crippen molar-refractivity contribution in [3.05, 3.63) is 62.8 Å². The molecule has 0 bridgehead atoms. The van der Waals surface area contributed by atoms with Crippen LogP contribution in [0, 0.1) is 30.9 Å². The molecule has 0 saturated heterocycles. The molecule has 0 aliphatic carbocycles. The van der Waals surface area contributed by atoms with E-state index in [-0.39, 0.29) is 10.6 Å². The molecule has 0 aliphatic heterocycles. The SMILES string of the molecule is Cc1cccc(CSc2nc(C)cc([N+](=O)[O-])c2C)c1.